The summed E-state index contributed by atoms with van der Waals surface area (Å²) in [6, 6.07) is 1.96. The molecule has 2 heterocycles. The van der Waals surface area contributed by atoms with Crippen molar-refractivity contribution in [1.82, 2.24) is 9.97 Å². The van der Waals surface area contributed by atoms with Gasteiger partial charge >= 0.3 is 0 Å². The molecule has 0 atom stereocenters. The molecule has 0 aromatic carbocycles. The molecule has 92 valence electrons. The molecule has 3 rings (SSSR count). The van der Waals surface area contributed by atoms with Crippen molar-refractivity contribution >= 4 is 32.5 Å². The zero-order valence-electron chi connectivity index (χ0n) is 9.43. The monoisotopic (exact) mass is 315 g/mol. The largest absolute Gasteiger partial charge is 0.355 e. The standard InChI is InChI=1S/C11H14BrN3OS/c12-9-7-10(14-11(13-9)8-1-2-8)15-3-5-17(16)6-4-15/h7-8H,1-6H2. The number of hydrogen-bond donors (Lipinski definition) is 0. The Kier molecular flexibility index (Phi) is 3.17. The average molecular weight is 316 g/mol. The van der Waals surface area contributed by atoms with Crippen molar-refractivity contribution in [3.63, 3.8) is 0 Å². The molecule has 1 aromatic heterocycles. The van der Waals surface area contributed by atoms with Crippen molar-refractivity contribution in [3.05, 3.63) is 16.5 Å². The third-order valence-electron chi connectivity index (χ3n) is 3.14. The van der Waals surface area contributed by atoms with Gasteiger partial charge in [0.2, 0.25) is 0 Å². The molecule has 4 nitrogen and oxygen atoms in total. The van der Waals surface area contributed by atoms with Gasteiger partial charge in [-0.25, -0.2) is 9.97 Å². The van der Waals surface area contributed by atoms with Crippen LogP contribution >= 0.6 is 15.9 Å². The van der Waals surface area contributed by atoms with Crippen LogP contribution < -0.4 is 4.90 Å². The van der Waals surface area contributed by atoms with E-state index in [1.165, 1.54) is 12.8 Å². The number of hydrogen-bond acceptors (Lipinski definition) is 4. The molecule has 0 amide bonds. The zero-order valence-corrected chi connectivity index (χ0v) is 11.8. The molecule has 0 radical (unpaired) electrons. The molecule has 0 bridgehead atoms. The minimum Gasteiger partial charge on any atom is -0.355 e. The Morgan fingerprint density at radius 2 is 2.00 bits per heavy atom. The first kappa shape index (κ1) is 11.6. The van der Waals surface area contributed by atoms with Gasteiger partial charge in [-0.15, -0.1) is 0 Å². The number of nitrogens with zero attached hydrogens (tertiary/aromatic N) is 3. The van der Waals surface area contributed by atoms with Gasteiger partial charge in [-0.05, 0) is 28.8 Å². The maximum atomic E-state index is 11.3. The van der Waals surface area contributed by atoms with Gasteiger partial charge in [-0.1, -0.05) is 0 Å². The van der Waals surface area contributed by atoms with Crippen LogP contribution in [0.25, 0.3) is 0 Å². The number of aromatic nitrogens is 2. The van der Waals surface area contributed by atoms with Crippen molar-refractivity contribution in [1.29, 1.82) is 0 Å². The Morgan fingerprint density at radius 1 is 1.29 bits per heavy atom. The molecular weight excluding hydrogens is 302 g/mol. The van der Waals surface area contributed by atoms with Crippen LogP contribution in [-0.4, -0.2) is 38.8 Å². The third kappa shape index (κ3) is 2.68. The van der Waals surface area contributed by atoms with Crippen molar-refractivity contribution < 1.29 is 4.21 Å². The molecule has 0 spiro atoms. The number of halogens is 1. The molecule has 0 unspecified atom stereocenters. The van der Waals surface area contributed by atoms with E-state index < -0.39 is 10.8 Å². The lowest BCUT2D eigenvalue weighted by molar-refractivity contribution is 0.672. The Bertz CT molecular complexity index is 454. The Morgan fingerprint density at radius 3 is 2.65 bits per heavy atom. The Balaban J connectivity index is 1.83. The second-order valence-electron chi connectivity index (χ2n) is 4.52. The van der Waals surface area contributed by atoms with Crippen molar-refractivity contribution in [2.75, 3.05) is 29.5 Å². The van der Waals surface area contributed by atoms with Gasteiger partial charge in [0.15, 0.2) is 0 Å². The van der Waals surface area contributed by atoms with Crippen molar-refractivity contribution in [3.8, 4) is 0 Å². The van der Waals surface area contributed by atoms with Gasteiger partial charge in [0.1, 0.15) is 16.2 Å². The topological polar surface area (TPSA) is 46.1 Å². The van der Waals surface area contributed by atoms with Gasteiger partial charge < -0.3 is 4.90 Å². The highest BCUT2D eigenvalue weighted by Crippen LogP contribution is 2.39. The lowest BCUT2D eigenvalue weighted by Crippen LogP contribution is -2.38. The summed E-state index contributed by atoms with van der Waals surface area (Å²) in [5.41, 5.74) is 0. The van der Waals surface area contributed by atoms with Crippen LogP contribution in [0.3, 0.4) is 0 Å². The molecule has 6 heteroatoms. The van der Waals surface area contributed by atoms with Crippen LogP contribution in [0.2, 0.25) is 0 Å². The molecule has 0 N–H and O–H groups in total. The van der Waals surface area contributed by atoms with Gasteiger partial charge in [-0.2, -0.15) is 0 Å². The minimum absolute atomic E-state index is 0.560. The van der Waals surface area contributed by atoms with Crippen LogP contribution in [-0.2, 0) is 10.8 Å². The summed E-state index contributed by atoms with van der Waals surface area (Å²) in [5.74, 6) is 4.00. The Labute approximate surface area is 111 Å². The van der Waals surface area contributed by atoms with Crippen LogP contribution in [0.1, 0.15) is 24.6 Å². The molecule has 2 fully saturated rings. The highest BCUT2D eigenvalue weighted by atomic mass is 79.9. The fourth-order valence-electron chi connectivity index (χ4n) is 1.98. The second-order valence-corrected chi connectivity index (χ2v) is 7.03. The van der Waals surface area contributed by atoms with E-state index in [1.807, 2.05) is 6.07 Å². The summed E-state index contributed by atoms with van der Waals surface area (Å²) in [7, 11) is -0.639. The first-order valence-corrected chi connectivity index (χ1v) is 8.15. The van der Waals surface area contributed by atoms with Gasteiger partial charge in [0.05, 0.1) is 0 Å². The van der Waals surface area contributed by atoms with Gasteiger partial charge in [0.25, 0.3) is 0 Å². The molecule has 1 aromatic rings. The van der Waals surface area contributed by atoms with E-state index in [4.69, 9.17) is 0 Å². The van der Waals surface area contributed by atoms with E-state index in [0.29, 0.717) is 5.92 Å². The first-order chi connectivity index (χ1) is 8.22. The fraction of sp³-hybridized carbons (Fsp3) is 0.636. The summed E-state index contributed by atoms with van der Waals surface area (Å²) in [5, 5.41) is 0. The second kappa shape index (κ2) is 4.65. The first-order valence-electron chi connectivity index (χ1n) is 5.87. The van der Waals surface area contributed by atoms with Crippen molar-refractivity contribution in [2.45, 2.75) is 18.8 Å². The van der Waals surface area contributed by atoms with Crippen molar-refractivity contribution in [2.24, 2.45) is 0 Å². The lowest BCUT2D eigenvalue weighted by Gasteiger charge is -2.27. The van der Waals surface area contributed by atoms with Crippen LogP contribution in [0.15, 0.2) is 10.7 Å². The SMILES string of the molecule is O=S1CCN(c2cc(Br)nc(C3CC3)n2)CC1. The van der Waals surface area contributed by atoms with E-state index in [9.17, 15) is 4.21 Å². The van der Waals surface area contributed by atoms with Crippen LogP contribution in [0.4, 0.5) is 5.82 Å². The van der Waals surface area contributed by atoms with E-state index in [1.54, 1.807) is 0 Å². The van der Waals surface area contributed by atoms with E-state index >= 15 is 0 Å². The normalized spacial score (nSPS) is 21.8. The summed E-state index contributed by atoms with van der Waals surface area (Å²) < 4.78 is 12.2. The lowest BCUT2D eigenvalue weighted by atomic mass is 10.3. The average Bonchev–Trinajstić information content (AvgIpc) is 3.13. The third-order valence-corrected chi connectivity index (χ3v) is 4.82. The fourth-order valence-corrected chi connectivity index (χ4v) is 3.41. The quantitative estimate of drug-likeness (QED) is 0.779. The zero-order chi connectivity index (χ0) is 11.8. The minimum atomic E-state index is -0.639. The predicted octanol–water partition coefficient (Wildman–Crippen LogP) is 1.69. The van der Waals surface area contributed by atoms with Gasteiger partial charge in [0, 0.05) is 47.4 Å². The van der Waals surface area contributed by atoms with Crippen LogP contribution in [0, 0.1) is 0 Å². The Hall–Kier alpha value is -0.490. The summed E-state index contributed by atoms with van der Waals surface area (Å²) in [6.45, 7) is 1.67. The molecular formula is C11H14BrN3OS. The molecule has 17 heavy (non-hydrogen) atoms. The number of anilines is 1. The van der Waals surface area contributed by atoms with E-state index in [0.717, 1.165) is 40.8 Å². The highest BCUT2D eigenvalue weighted by molar-refractivity contribution is 9.10. The summed E-state index contributed by atoms with van der Waals surface area (Å²) in [6.07, 6.45) is 2.42. The van der Waals surface area contributed by atoms with E-state index in [-0.39, 0.29) is 0 Å². The number of rotatable bonds is 2. The summed E-state index contributed by atoms with van der Waals surface area (Å²) >= 11 is 3.45. The predicted molar refractivity (Wildman–Crippen MR) is 71.8 cm³/mol. The maximum absolute atomic E-state index is 11.3. The molecule has 1 aliphatic heterocycles. The molecule has 1 aliphatic carbocycles. The smallest absolute Gasteiger partial charge is 0.135 e. The van der Waals surface area contributed by atoms with Gasteiger partial charge in [-0.3, -0.25) is 4.21 Å². The van der Waals surface area contributed by atoms with E-state index in [2.05, 4.69) is 30.8 Å². The molecule has 1 saturated heterocycles. The van der Waals surface area contributed by atoms with Crippen LogP contribution in [0.5, 0.6) is 0 Å². The molecule has 2 aliphatic rings. The highest BCUT2D eigenvalue weighted by Gasteiger charge is 2.28. The summed E-state index contributed by atoms with van der Waals surface area (Å²) in [4.78, 5) is 11.3. The maximum Gasteiger partial charge on any atom is 0.135 e. The molecule has 1 saturated carbocycles.